The normalized spacial score (nSPS) is 12.6. The number of hydrogen-bond donors (Lipinski definition) is 0. The molecule has 0 aliphatic rings. The Morgan fingerprint density at radius 2 is 2.10 bits per heavy atom. The van der Waals surface area contributed by atoms with Crippen molar-refractivity contribution in [2.24, 2.45) is 0 Å². The highest BCUT2D eigenvalue weighted by Gasteiger charge is 2.19. The molecule has 1 atom stereocenters. The lowest BCUT2D eigenvalue weighted by Crippen LogP contribution is -2.23. The lowest BCUT2D eigenvalue weighted by Gasteiger charge is -2.15. The van der Waals surface area contributed by atoms with Crippen LogP contribution >= 0.6 is 11.3 Å². The first kappa shape index (κ1) is 23.8. The molecule has 7 heteroatoms. The van der Waals surface area contributed by atoms with Crippen molar-refractivity contribution in [2.45, 2.75) is 46.6 Å². The van der Waals surface area contributed by atoms with E-state index in [4.69, 9.17) is 9.72 Å². The van der Waals surface area contributed by atoms with E-state index in [9.17, 15) is 4.79 Å². The summed E-state index contributed by atoms with van der Waals surface area (Å²) in [7, 11) is 5.65. The largest absolute Gasteiger partial charge is 0.378 e. The van der Waals surface area contributed by atoms with Gasteiger partial charge in [0.2, 0.25) is 0 Å². The average Bonchev–Trinajstić information content (AvgIpc) is 3.14. The molecule has 6 nitrogen and oxygen atoms in total. The van der Waals surface area contributed by atoms with Crippen molar-refractivity contribution in [1.29, 1.82) is 0 Å². The molecule has 0 N–H and O–H groups in total. The van der Waals surface area contributed by atoms with E-state index in [0.29, 0.717) is 11.1 Å². The Morgan fingerprint density at radius 1 is 1.40 bits per heavy atom. The Labute approximate surface area is 182 Å². The van der Waals surface area contributed by atoms with Crippen LogP contribution in [0.3, 0.4) is 0 Å². The maximum atomic E-state index is 13.2. The molecular weight excluding hydrogens is 396 g/mol. The maximum absolute atomic E-state index is 13.2. The van der Waals surface area contributed by atoms with E-state index >= 15 is 0 Å². The number of thiophene rings is 1. The third-order valence-electron chi connectivity index (χ3n) is 4.93. The quantitative estimate of drug-likeness (QED) is 0.511. The van der Waals surface area contributed by atoms with Crippen LogP contribution in [0.15, 0.2) is 35.8 Å². The van der Waals surface area contributed by atoms with E-state index in [0.717, 1.165) is 39.4 Å². The molecule has 0 fully saturated rings. The summed E-state index contributed by atoms with van der Waals surface area (Å²) in [6.45, 7) is 11.5. The Kier molecular flexibility index (Phi) is 8.32. The van der Waals surface area contributed by atoms with Gasteiger partial charge in [0.25, 0.3) is 5.56 Å². The molecule has 0 saturated heterocycles. The van der Waals surface area contributed by atoms with E-state index in [-0.39, 0.29) is 11.7 Å². The predicted molar refractivity (Wildman–Crippen MR) is 130 cm³/mol. The zero-order valence-electron chi connectivity index (χ0n) is 19.0. The van der Waals surface area contributed by atoms with Crippen molar-refractivity contribution >= 4 is 43.2 Å². The molecule has 0 spiro atoms. The number of allylic oxidation sites excluding steroid dienone is 2. The van der Waals surface area contributed by atoms with Gasteiger partial charge in [-0.05, 0) is 26.3 Å². The second-order valence-corrected chi connectivity index (χ2v) is 8.02. The van der Waals surface area contributed by atoms with Crippen LogP contribution in [-0.2, 0) is 11.2 Å². The zero-order chi connectivity index (χ0) is 22.4. The number of anilines is 1. The van der Waals surface area contributed by atoms with Crippen molar-refractivity contribution in [3.8, 4) is 0 Å². The topological polar surface area (TPSA) is 60.2 Å². The van der Waals surface area contributed by atoms with Crippen LogP contribution in [0.2, 0.25) is 0 Å². The monoisotopic (exact) mass is 428 g/mol. The number of fused-ring (bicyclic) bond motifs is 3. The average molecular weight is 429 g/mol. The molecule has 0 aliphatic carbocycles. The summed E-state index contributed by atoms with van der Waals surface area (Å²) in [5, 5.41) is 0.972. The van der Waals surface area contributed by atoms with E-state index in [1.165, 1.54) is 11.3 Å². The van der Waals surface area contributed by atoms with Gasteiger partial charge in [-0.15, -0.1) is 17.9 Å². The molecule has 162 valence electrons. The molecule has 3 aromatic rings. The van der Waals surface area contributed by atoms with E-state index in [2.05, 4.69) is 18.5 Å². The third kappa shape index (κ3) is 4.63. The molecule has 0 aromatic carbocycles. The first-order chi connectivity index (χ1) is 14.3. The van der Waals surface area contributed by atoms with Crippen LogP contribution in [0, 0.1) is 0 Å². The predicted octanol–water partition coefficient (Wildman–Crippen LogP) is 5.11. The van der Waals surface area contributed by atoms with Gasteiger partial charge in [0.1, 0.15) is 20.9 Å². The number of rotatable bonds is 6. The lowest BCUT2D eigenvalue weighted by molar-refractivity contribution is 0.156. The molecule has 0 radical (unpaired) electrons. The minimum atomic E-state index is 0.0134. The third-order valence-corrected chi connectivity index (χ3v) is 6.00. The van der Waals surface area contributed by atoms with Crippen molar-refractivity contribution < 1.29 is 4.74 Å². The van der Waals surface area contributed by atoms with Crippen LogP contribution in [-0.4, -0.2) is 41.8 Å². The van der Waals surface area contributed by atoms with Gasteiger partial charge in [0, 0.05) is 39.5 Å². The van der Waals surface area contributed by atoms with E-state index in [1.807, 2.05) is 51.9 Å². The molecule has 3 heterocycles. The highest BCUT2D eigenvalue weighted by Crippen LogP contribution is 2.35. The van der Waals surface area contributed by atoms with E-state index in [1.54, 1.807) is 23.9 Å². The van der Waals surface area contributed by atoms with Crippen LogP contribution in [0.4, 0.5) is 5.69 Å². The first-order valence-corrected chi connectivity index (χ1v) is 11.0. The maximum Gasteiger partial charge on any atom is 0.275 e. The Morgan fingerprint density at radius 3 is 2.57 bits per heavy atom. The SMILES string of the molecule is C/C=C(\CC)n1c(CC)nc2c(sc3nccc(N(C)C)c32)c1=O.C=CC(C)OC. The van der Waals surface area contributed by atoms with Gasteiger partial charge in [0.05, 0.1) is 17.2 Å². The summed E-state index contributed by atoms with van der Waals surface area (Å²) >= 11 is 1.43. The second kappa shape index (κ2) is 10.5. The van der Waals surface area contributed by atoms with Crippen molar-refractivity contribution in [2.75, 3.05) is 26.1 Å². The molecule has 0 bridgehead atoms. The molecule has 0 aliphatic heterocycles. The van der Waals surface area contributed by atoms with Crippen LogP contribution in [0.1, 0.15) is 39.9 Å². The van der Waals surface area contributed by atoms with Crippen molar-refractivity contribution in [1.82, 2.24) is 14.5 Å². The first-order valence-electron chi connectivity index (χ1n) is 10.2. The molecular formula is C23H32N4O2S. The van der Waals surface area contributed by atoms with Crippen molar-refractivity contribution in [3.05, 3.63) is 47.2 Å². The minimum absolute atomic E-state index is 0.0134. The smallest absolute Gasteiger partial charge is 0.275 e. The molecule has 3 rings (SSSR count). The summed E-state index contributed by atoms with van der Waals surface area (Å²) in [6, 6.07) is 1.97. The van der Waals surface area contributed by atoms with Gasteiger partial charge < -0.3 is 9.64 Å². The molecule has 0 amide bonds. The van der Waals surface area contributed by atoms with E-state index < -0.39 is 0 Å². The highest BCUT2D eigenvalue weighted by atomic mass is 32.1. The molecule has 3 aromatic heterocycles. The standard InChI is InChI=1S/C18H22N4OS.C5H10O/c1-6-11(7-2)22-13(8-3)20-15-14-12(21(4)5)9-10-19-17(14)24-16(15)18(22)23;1-4-5(2)6-3/h6,9-10H,7-8H2,1-5H3;4-5H,1H2,2-3H3/b11-6+;. The molecule has 30 heavy (non-hydrogen) atoms. The second-order valence-electron chi connectivity index (χ2n) is 7.02. The fourth-order valence-corrected chi connectivity index (χ4v) is 4.17. The number of pyridine rings is 1. The van der Waals surface area contributed by atoms with Gasteiger partial charge >= 0.3 is 0 Å². The molecule has 0 saturated carbocycles. The van der Waals surface area contributed by atoms with Crippen LogP contribution < -0.4 is 10.5 Å². The van der Waals surface area contributed by atoms with Gasteiger partial charge in [-0.3, -0.25) is 9.36 Å². The van der Waals surface area contributed by atoms with Gasteiger partial charge in [-0.2, -0.15) is 0 Å². The van der Waals surface area contributed by atoms with Gasteiger partial charge in [0.15, 0.2) is 0 Å². The van der Waals surface area contributed by atoms with Gasteiger partial charge in [-0.25, -0.2) is 9.97 Å². The summed E-state index contributed by atoms with van der Waals surface area (Å²) in [6.07, 6.45) is 7.23. The van der Waals surface area contributed by atoms with Gasteiger partial charge in [-0.1, -0.05) is 26.0 Å². The Hall–Kier alpha value is -2.51. The van der Waals surface area contributed by atoms with Crippen LogP contribution in [0.5, 0.6) is 0 Å². The number of methoxy groups -OCH3 is 1. The lowest BCUT2D eigenvalue weighted by atomic mass is 10.2. The number of ether oxygens (including phenoxy) is 1. The fourth-order valence-electron chi connectivity index (χ4n) is 3.13. The summed E-state index contributed by atoms with van der Waals surface area (Å²) in [4.78, 5) is 25.4. The minimum Gasteiger partial charge on any atom is -0.378 e. The molecule has 1 unspecified atom stereocenters. The fraction of sp³-hybridized carbons (Fsp3) is 0.435. The summed E-state index contributed by atoms with van der Waals surface area (Å²) in [5.74, 6) is 0.802. The Balaban J connectivity index is 0.000000469. The Bertz CT molecular complexity index is 1110. The van der Waals surface area contributed by atoms with Crippen molar-refractivity contribution in [3.63, 3.8) is 0 Å². The summed E-state index contributed by atoms with van der Waals surface area (Å²) < 4.78 is 7.23. The summed E-state index contributed by atoms with van der Waals surface area (Å²) in [5.41, 5.74) is 2.82. The number of nitrogens with zero attached hydrogens (tertiary/aromatic N) is 4. The number of aromatic nitrogens is 3. The highest BCUT2D eigenvalue weighted by molar-refractivity contribution is 7.25. The number of hydrogen-bond acceptors (Lipinski definition) is 6. The van der Waals surface area contributed by atoms with Crippen LogP contribution in [0.25, 0.3) is 26.1 Å². The zero-order valence-corrected chi connectivity index (χ0v) is 19.8. The number of aryl methyl sites for hydroxylation is 1.